The number of nitrogens with zero attached hydrogens (tertiary/aromatic N) is 3. The van der Waals surface area contributed by atoms with E-state index in [9.17, 15) is 9.59 Å². The molecule has 2 aromatic rings. The molecule has 6 nitrogen and oxygen atoms in total. The van der Waals surface area contributed by atoms with Gasteiger partial charge in [0.1, 0.15) is 6.54 Å². The van der Waals surface area contributed by atoms with Crippen LogP contribution in [0.2, 0.25) is 0 Å². The van der Waals surface area contributed by atoms with Gasteiger partial charge in [0.05, 0.1) is 25.1 Å². The number of amides is 2. The Morgan fingerprint density at radius 3 is 2.93 bits per heavy atom. The molecule has 0 saturated carbocycles. The normalized spacial score (nSPS) is 29.8. The molecule has 0 N–H and O–H groups in total. The van der Waals surface area contributed by atoms with E-state index in [-0.39, 0.29) is 23.9 Å². The lowest BCUT2D eigenvalue weighted by Gasteiger charge is -2.34. The van der Waals surface area contributed by atoms with E-state index in [2.05, 4.69) is 13.8 Å². The average molecular weight is 367 g/mol. The highest BCUT2D eigenvalue weighted by Gasteiger charge is 2.65. The summed E-state index contributed by atoms with van der Waals surface area (Å²) in [5.74, 6) is 0.535. The van der Waals surface area contributed by atoms with Crippen molar-refractivity contribution in [1.29, 1.82) is 0 Å². The van der Waals surface area contributed by atoms with Gasteiger partial charge in [-0.15, -0.1) is 0 Å². The first-order chi connectivity index (χ1) is 13.0. The summed E-state index contributed by atoms with van der Waals surface area (Å²) in [6.07, 6.45) is 3.05. The van der Waals surface area contributed by atoms with Gasteiger partial charge in [-0.2, -0.15) is 0 Å². The SMILES string of the molecule is CC(C)[C@@H]1CO[C@@]23CCN(C(=O)Cn4ccc5ccccc54)[C@@H]2CC(=O)N13. The number of rotatable bonds is 3. The quantitative estimate of drug-likeness (QED) is 0.836. The van der Waals surface area contributed by atoms with Crippen LogP contribution >= 0.6 is 0 Å². The molecule has 0 unspecified atom stereocenters. The summed E-state index contributed by atoms with van der Waals surface area (Å²) in [7, 11) is 0. The highest BCUT2D eigenvalue weighted by Crippen LogP contribution is 2.48. The highest BCUT2D eigenvalue weighted by atomic mass is 16.5. The summed E-state index contributed by atoms with van der Waals surface area (Å²) in [5.41, 5.74) is 0.460. The zero-order valence-electron chi connectivity index (χ0n) is 15.8. The molecule has 4 heterocycles. The summed E-state index contributed by atoms with van der Waals surface area (Å²) in [6.45, 7) is 5.77. The van der Waals surface area contributed by atoms with Crippen LogP contribution in [-0.2, 0) is 20.9 Å². The van der Waals surface area contributed by atoms with Crippen molar-refractivity contribution in [2.45, 2.75) is 51.0 Å². The summed E-state index contributed by atoms with van der Waals surface area (Å²) >= 11 is 0. The number of aromatic nitrogens is 1. The van der Waals surface area contributed by atoms with Gasteiger partial charge in [-0.3, -0.25) is 9.59 Å². The maximum atomic E-state index is 13.1. The van der Waals surface area contributed by atoms with Crippen molar-refractivity contribution in [2.75, 3.05) is 13.2 Å². The first kappa shape index (κ1) is 16.8. The van der Waals surface area contributed by atoms with E-state index in [0.717, 1.165) is 10.9 Å². The van der Waals surface area contributed by atoms with Crippen molar-refractivity contribution in [3.8, 4) is 0 Å². The van der Waals surface area contributed by atoms with Crippen molar-refractivity contribution >= 4 is 22.7 Å². The maximum absolute atomic E-state index is 13.1. The fourth-order valence-electron chi connectivity index (χ4n) is 5.18. The highest BCUT2D eigenvalue weighted by molar-refractivity contribution is 5.86. The fraction of sp³-hybridized carbons (Fsp3) is 0.524. The second-order valence-corrected chi connectivity index (χ2v) is 8.29. The number of carbonyl (C=O) groups is 2. The number of hydrogen-bond acceptors (Lipinski definition) is 3. The van der Waals surface area contributed by atoms with E-state index < -0.39 is 5.72 Å². The zero-order valence-corrected chi connectivity index (χ0v) is 15.8. The number of likely N-dealkylation sites (tertiary alicyclic amines) is 1. The molecule has 0 bridgehead atoms. The first-order valence-corrected chi connectivity index (χ1v) is 9.81. The Balaban J connectivity index is 1.40. The van der Waals surface area contributed by atoms with E-state index in [4.69, 9.17) is 4.74 Å². The van der Waals surface area contributed by atoms with E-state index in [1.54, 1.807) is 0 Å². The zero-order chi connectivity index (χ0) is 18.8. The molecule has 0 radical (unpaired) electrons. The number of fused-ring (bicyclic) bond motifs is 1. The van der Waals surface area contributed by atoms with E-state index in [1.807, 2.05) is 50.9 Å². The van der Waals surface area contributed by atoms with Gasteiger partial charge in [-0.1, -0.05) is 32.0 Å². The van der Waals surface area contributed by atoms with Gasteiger partial charge >= 0.3 is 0 Å². The smallest absolute Gasteiger partial charge is 0.242 e. The van der Waals surface area contributed by atoms with Crippen LogP contribution in [0.5, 0.6) is 0 Å². The predicted molar refractivity (Wildman–Crippen MR) is 101 cm³/mol. The number of carbonyl (C=O) groups excluding carboxylic acids is 2. The number of hydrogen-bond donors (Lipinski definition) is 0. The van der Waals surface area contributed by atoms with Crippen LogP contribution < -0.4 is 0 Å². The van der Waals surface area contributed by atoms with Crippen molar-refractivity contribution in [1.82, 2.24) is 14.4 Å². The molecular formula is C21H25N3O3. The summed E-state index contributed by atoms with van der Waals surface area (Å²) in [6, 6.07) is 10.0. The third-order valence-electron chi connectivity index (χ3n) is 6.56. The lowest BCUT2D eigenvalue weighted by molar-refractivity contribution is -0.142. The Morgan fingerprint density at radius 1 is 1.30 bits per heavy atom. The topological polar surface area (TPSA) is 54.8 Å². The number of para-hydroxylation sites is 1. The van der Waals surface area contributed by atoms with E-state index >= 15 is 0 Å². The van der Waals surface area contributed by atoms with Crippen LogP contribution in [0.15, 0.2) is 36.5 Å². The van der Waals surface area contributed by atoms with Gasteiger partial charge in [-0.25, -0.2) is 0 Å². The van der Waals surface area contributed by atoms with Crippen LogP contribution in [0.3, 0.4) is 0 Å². The molecule has 1 aromatic heterocycles. The van der Waals surface area contributed by atoms with Crippen LogP contribution in [0, 0.1) is 5.92 Å². The lowest BCUT2D eigenvalue weighted by atomic mass is 10.0. The van der Waals surface area contributed by atoms with Gasteiger partial charge in [0.2, 0.25) is 11.8 Å². The molecule has 3 atom stereocenters. The van der Waals surface area contributed by atoms with Crippen molar-refractivity contribution in [2.24, 2.45) is 5.92 Å². The van der Waals surface area contributed by atoms with Crippen LogP contribution in [0.1, 0.15) is 26.7 Å². The van der Waals surface area contributed by atoms with Gasteiger partial charge in [0, 0.05) is 24.7 Å². The Morgan fingerprint density at radius 2 is 2.11 bits per heavy atom. The fourth-order valence-corrected chi connectivity index (χ4v) is 5.18. The third-order valence-corrected chi connectivity index (χ3v) is 6.56. The predicted octanol–water partition coefficient (Wildman–Crippen LogP) is 2.23. The van der Waals surface area contributed by atoms with Gasteiger partial charge < -0.3 is 19.1 Å². The van der Waals surface area contributed by atoms with Gasteiger partial charge in [0.15, 0.2) is 5.72 Å². The van der Waals surface area contributed by atoms with Crippen molar-refractivity contribution in [3.63, 3.8) is 0 Å². The molecule has 2 amide bonds. The molecule has 1 aromatic carbocycles. The molecule has 3 saturated heterocycles. The van der Waals surface area contributed by atoms with E-state index in [0.29, 0.717) is 38.5 Å². The Hall–Kier alpha value is -2.34. The van der Waals surface area contributed by atoms with Gasteiger partial charge in [0.25, 0.3) is 0 Å². The monoisotopic (exact) mass is 367 g/mol. The summed E-state index contributed by atoms with van der Waals surface area (Å²) in [5, 5.41) is 1.13. The second kappa shape index (κ2) is 5.83. The molecule has 3 fully saturated rings. The minimum Gasteiger partial charge on any atom is -0.351 e. The molecule has 3 aliphatic rings. The second-order valence-electron chi connectivity index (χ2n) is 8.29. The number of benzene rings is 1. The Bertz CT molecular complexity index is 920. The van der Waals surface area contributed by atoms with Crippen LogP contribution in [-0.4, -0.2) is 57.1 Å². The maximum Gasteiger partial charge on any atom is 0.242 e. The van der Waals surface area contributed by atoms with Crippen LogP contribution in [0.25, 0.3) is 10.9 Å². The molecule has 27 heavy (non-hydrogen) atoms. The standard InChI is InChI=1S/C21H25N3O3/c1-14(2)17-13-27-21-8-10-23(18(21)11-19(25)24(17)21)20(26)12-22-9-7-15-5-3-4-6-16(15)22/h3-7,9,14,17-18H,8,10-13H2,1-2H3/t17-,18+,21-/m0/s1. The number of ether oxygens (including phenoxy) is 1. The first-order valence-electron chi connectivity index (χ1n) is 9.81. The van der Waals surface area contributed by atoms with Crippen LogP contribution in [0.4, 0.5) is 0 Å². The van der Waals surface area contributed by atoms with E-state index in [1.165, 1.54) is 0 Å². The molecular weight excluding hydrogens is 342 g/mol. The Labute approximate surface area is 158 Å². The minimum absolute atomic E-state index is 0.0597. The lowest BCUT2D eigenvalue weighted by Crippen LogP contribution is -2.51. The summed E-state index contributed by atoms with van der Waals surface area (Å²) < 4.78 is 8.21. The molecule has 1 spiro atoms. The van der Waals surface area contributed by atoms with Crippen molar-refractivity contribution in [3.05, 3.63) is 36.5 Å². The molecule has 5 rings (SSSR count). The largest absolute Gasteiger partial charge is 0.351 e. The third kappa shape index (κ3) is 2.29. The molecule has 3 aliphatic heterocycles. The Kier molecular flexibility index (Phi) is 3.63. The summed E-state index contributed by atoms with van der Waals surface area (Å²) in [4.78, 5) is 29.7. The molecule has 142 valence electrons. The van der Waals surface area contributed by atoms with Crippen molar-refractivity contribution < 1.29 is 14.3 Å². The minimum atomic E-state index is -0.597. The van der Waals surface area contributed by atoms with Gasteiger partial charge in [-0.05, 0) is 23.4 Å². The molecule has 0 aliphatic carbocycles. The molecule has 6 heteroatoms. The average Bonchev–Trinajstić information content (AvgIpc) is 3.36.